The van der Waals surface area contributed by atoms with E-state index in [1.54, 1.807) is 17.0 Å². The van der Waals surface area contributed by atoms with Crippen LogP contribution < -0.4 is 4.74 Å². The highest BCUT2D eigenvalue weighted by Gasteiger charge is 2.11. The normalized spacial score (nSPS) is 10.6. The lowest BCUT2D eigenvalue weighted by atomic mass is 10.3. The van der Waals surface area contributed by atoms with Crippen LogP contribution in [0.2, 0.25) is 5.28 Å². The Bertz CT molecular complexity index is 783. The molecule has 21 heavy (non-hydrogen) atoms. The Morgan fingerprint density at radius 2 is 2.10 bits per heavy atom. The lowest BCUT2D eigenvalue weighted by Gasteiger charge is -2.07. The molecule has 0 saturated heterocycles. The fraction of sp³-hybridized carbons (Fsp3) is 0. The maximum atomic E-state index is 13.0. The van der Waals surface area contributed by atoms with Gasteiger partial charge in [-0.05, 0) is 45.7 Å². The molecule has 0 unspecified atom stereocenters. The van der Waals surface area contributed by atoms with Gasteiger partial charge in [0.2, 0.25) is 11.2 Å². The zero-order valence-corrected chi connectivity index (χ0v) is 12.6. The summed E-state index contributed by atoms with van der Waals surface area (Å²) in [7, 11) is 0. The van der Waals surface area contributed by atoms with Crippen molar-refractivity contribution in [3.63, 3.8) is 0 Å². The van der Waals surface area contributed by atoms with Crippen LogP contribution in [0.3, 0.4) is 0 Å². The fourth-order valence-corrected chi connectivity index (χ4v) is 2.10. The molecule has 0 amide bonds. The van der Waals surface area contributed by atoms with Crippen molar-refractivity contribution in [2.75, 3.05) is 0 Å². The average Bonchev–Trinajstić information content (AvgIpc) is 2.95. The van der Waals surface area contributed by atoms with Gasteiger partial charge in [-0.2, -0.15) is 15.0 Å². The SMILES string of the molecule is Fc1ccc(Oc2nc(Cl)nc(-n3ccnc3)n2)c(Br)c1. The molecule has 0 spiro atoms. The third-order valence-corrected chi connectivity index (χ3v) is 3.20. The molecule has 0 atom stereocenters. The number of imidazole rings is 1. The van der Waals surface area contributed by atoms with Crippen molar-refractivity contribution < 1.29 is 9.13 Å². The van der Waals surface area contributed by atoms with E-state index in [2.05, 4.69) is 35.9 Å². The summed E-state index contributed by atoms with van der Waals surface area (Å²) in [6.45, 7) is 0. The van der Waals surface area contributed by atoms with Crippen molar-refractivity contribution in [3.8, 4) is 17.7 Å². The molecule has 0 aliphatic rings. The van der Waals surface area contributed by atoms with Crippen LogP contribution in [0, 0.1) is 5.82 Å². The van der Waals surface area contributed by atoms with Crippen molar-refractivity contribution in [1.82, 2.24) is 24.5 Å². The zero-order chi connectivity index (χ0) is 14.8. The van der Waals surface area contributed by atoms with Crippen LogP contribution in [0.15, 0.2) is 41.4 Å². The average molecular weight is 371 g/mol. The molecule has 0 radical (unpaired) electrons. The minimum absolute atomic E-state index is 0.00833. The van der Waals surface area contributed by atoms with Crippen LogP contribution in [0.4, 0.5) is 4.39 Å². The van der Waals surface area contributed by atoms with Crippen molar-refractivity contribution in [2.45, 2.75) is 0 Å². The maximum Gasteiger partial charge on any atom is 0.328 e. The molecule has 0 fully saturated rings. The van der Waals surface area contributed by atoms with Gasteiger partial charge >= 0.3 is 6.01 Å². The monoisotopic (exact) mass is 369 g/mol. The number of benzene rings is 1. The van der Waals surface area contributed by atoms with E-state index in [-0.39, 0.29) is 23.1 Å². The van der Waals surface area contributed by atoms with Gasteiger partial charge in [-0.3, -0.25) is 4.57 Å². The van der Waals surface area contributed by atoms with E-state index in [1.165, 1.54) is 24.5 Å². The largest absolute Gasteiger partial charge is 0.423 e. The first-order chi connectivity index (χ1) is 10.1. The van der Waals surface area contributed by atoms with Gasteiger partial charge in [0.15, 0.2) is 0 Å². The standard InChI is InChI=1S/C12H6BrClFN5O/c13-8-5-7(15)1-2-9(8)21-12-18-10(14)17-11(19-12)20-4-3-16-6-20/h1-6H. The van der Waals surface area contributed by atoms with Gasteiger partial charge in [-0.25, -0.2) is 9.37 Å². The topological polar surface area (TPSA) is 65.7 Å². The Morgan fingerprint density at radius 1 is 1.24 bits per heavy atom. The van der Waals surface area contributed by atoms with Crippen LogP contribution in [0.25, 0.3) is 5.95 Å². The molecule has 2 heterocycles. The minimum Gasteiger partial charge on any atom is -0.423 e. The summed E-state index contributed by atoms with van der Waals surface area (Å²) >= 11 is 9.05. The van der Waals surface area contributed by atoms with E-state index in [1.807, 2.05) is 0 Å². The van der Waals surface area contributed by atoms with Gasteiger partial charge < -0.3 is 4.74 Å². The van der Waals surface area contributed by atoms with Gasteiger partial charge in [0.05, 0.1) is 4.47 Å². The van der Waals surface area contributed by atoms with E-state index >= 15 is 0 Å². The molecule has 0 aliphatic carbocycles. The number of rotatable bonds is 3. The number of hydrogen-bond acceptors (Lipinski definition) is 5. The lowest BCUT2D eigenvalue weighted by molar-refractivity contribution is 0.434. The number of aromatic nitrogens is 5. The summed E-state index contributed by atoms with van der Waals surface area (Å²) in [4.78, 5) is 15.9. The minimum atomic E-state index is -0.387. The molecule has 2 aromatic heterocycles. The third-order valence-electron chi connectivity index (χ3n) is 2.41. The first kappa shape index (κ1) is 13.9. The van der Waals surface area contributed by atoms with Crippen molar-refractivity contribution in [2.24, 2.45) is 0 Å². The molecule has 3 rings (SSSR count). The molecule has 0 bridgehead atoms. The summed E-state index contributed by atoms with van der Waals surface area (Å²) < 4.78 is 20.5. The molecule has 1 aromatic carbocycles. The summed E-state index contributed by atoms with van der Waals surface area (Å²) in [5.41, 5.74) is 0. The number of nitrogens with zero attached hydrogens (tertiary/aromatic N) is 5. The maximum absolute atomic E-state index is 13.0. The highest BCUT2D eigenvalue weighted by molar-refractivity contribution is 9.10. The zero-order valence-electron chi connectivity index (χ0n) is 10.2. The molecule has 3 aromatic rings. The highest BCUT2D eigenvalue weighted by Crippen LogP contribution is 2.29. The van der Waals surface area contributed by atoms with Crippen LogP contribution in [0.1, 0.15) is 0 Å². The van der Waals surface area contributed by atoms with E-state index in [0.717, 1.165) is 0 Å². The second-order valence-corrected chi connectivity index (χ2v) is 5.03. The summed E-state index contributed by atoms with van der Waals surface area (Å²) in [5, 5.41) is -0.0260. The van der Waals surface area contributed by atoms with E-state index in [0.29, 0.717) is 10.2 Å². The first-order valence-corrected chi connectivity index (χ1v) is 6.82. The van der Waals surface area contributed by atoms with Crippen LogP contribution in [-0.2, 0) is 0 Å². The van der Waals surface area contributed by atoms with Gasteiger partial charge in [0.25, 0.3) is 0 Å². The smallest absolute Gasteiger partial charge is 0.328 e. The fourth-order valence-electron chi connectivity index (χ4n) is 1.52. The second-order valence-electron chi connectivity index (χ2n) is 3.83. The number of halogens is 3. The third kappa shape index (κ3) is 3.17. The first-order valence-electron chi connectivity index (χ1n) is 5.64. The lowest BCUT2D eigenvalue weighted by Crippen LogP contribution is -2.03. The van der Waals surface area contributed by atoms with Gasteiger partial charge in [-0.15, -0.1) is 0 Å². The number of hydrogen-bond donors (Lipinski definition) is 0. The van der Waals surface area contributed by atoms with Crippen molar-refractivity contribution in [1.29, 1.82) is 0 Å². The van der Waals surface area contributed by atoms with E-state index in [9.17, 15) is 4.39 Å². The van der Waals surface area contributed by atoms with E-state index < -0.39 is 0 Å². The summed E-state index contributed by atoms with van der Waals surface area (Å²) in [6, 6.07) is 3.98. The second kappa shape index (κ2) is 5.74. The van der Waals surface area contributed by atoms with Gasteiger partial charge in [0, 0.05) is 12.4 Å². The Kier molecular flexibility index (Phi) is 3.80. The van der Waals surface area contributed by atoms with Gasteiger partial charge in [-0.1, -0.05) is 0 Å². The predicted molar refractivity (Wildman–Crippen MR) is 76.1 cm³/mol. The Hall–Kier alpha value is -2.06. The van der Waals surface area contributed by atoms with Crippen LogP contribution in [0.5, 0.6) is 11.8 Å². The predicted octanol–water partition coefficient (Wildman–Crippen LogP) is 3.40. The molecular formula is C12H6BrClFN5O. The van der Waals surface area contributed by atoms with Crippen molar-refractivity contribution in [3.05, 3.63) is 52.5 Å². The molecule has 0 aliphatic heterocycles. The summed E-state index contributed by atoms with van der Waals surface area (Å²) in [6.07, 6.45) is 4.75. The Balaban J connectivity index is 1.95. The Labute approximate surface area is 131 Å². The summed E-state index contributed by atoms with van der Waals surface area (Å²) in [5.74, 6) is 0.234. The quantitative estimate of drug-likeness (QED) is 0.707. The molecule has 9 heteroatoms. The molecule has 6 nitrogen and oxygen atoms in total. The molecular weight excluding hydrogens is 365 g/mol. The van der Waals surface area contributed by atoms with E-state index in [4.69, 9.17) is 16.3 Å². The highest BCUT2D eigenvalue weighted by atomic mass is 79.9. The van der Waals surface area contributed by atoms with Crippen LogP contribution in [-0.4, -0.2) is 24.5 Å². The molecule has 106 valence electrons. The molecule has 0 N–H and O–H groups in total. The molecule has 0 saturated carbocycles. The van der Waals surface area contributed by atoms with Crippen molar-refractivity contribution >= 4 is 27.5 Å². The number of ether oxygens (including phenoxy) is 1. The Morgan fingerprint density at radius 3 is 2.81 bits per heavy atom. The van der Waals surface area contributed by atoms with Crippen LogP contribution >= 0.6 is 27.5 Å². The van der Waals surface area contributed by atoms with Gasteiger partial charge in [0.1, 0.15) is 17.9 Å².